The summed E-state index contributed by atoms with van der Waals surface area (Å²) in [6.45, 7) is 0. The van der Waals surface area contributed by atoms with E-state index < -0.39 is 6.10 Å². The normalized spacial score (nSPS) is 18.1. The number of carbonyl (C=O) groups excluding carboxylic acids is 2. The molecule has 18 heavy (non-hydrogen) atoms. The molecule has 1 heterocycles. The molecular weight excluding hydrogens is 256 g/mol. The summed E-state index contributed by atoms with van der Waals surface area (Å²) in [5.74, 6) is -0.0379. The van der Waals surface area contributed by atoms with Gasteiger partial charge in [-0.3, -0.25) is 4.79 Å². The highest BCUT2D eigenvalue weighted by Crippen LogP contribution is 2.42. The zero-order valence-corrected chi connectivity index (χ0v) is 10.5. The molecule has 1 N–H and O–H groups in total. The number of hydrogen-bond acceptors (Lipinski definition) is 6. The van der Waals surface area contributed by atoms with Crippen LogP contribution in [0, 0.1) is 0 Å². The average Bonchev–Trinajstić information content (AvgIpc) is 2.33. The number of carbonyl (C=O) groups is 2. The van der Waals surface area contributed by atoms with Gasteiger partial charge in [-0.2, -0.15) is 0 Å². The van der Waals surface area contributed by atoms with Crippen LogP contribution in [0.1, 0.15) is 23.2 Å². The molecule has 6 heteroatoms. The van der Waals surface area contributed by atoms with E-state index in [0.717, 1.165) is 18.3 Å². The molecule has 5 nitrogen and oxygen atoms in total. The van der Waals surface area contributed by atoms with Crippen LogP contribution in [0.4, 0.5) is 0 Å². The number of Topliss-reactive ketones (excluding diaryl/α,β-unsaturated/α-hetero) is 1. The first-order chi connectivity index (χ1) is 8.67. The molecule has 0 saturated carbocycles. The Hall–Kier alpha value is -1.53. The predicted molar refractivity (Wildman–Crippen MR) is 65.0 cm³/mol. The van der Waals surface area contributed by atoms with Gasteiger partial charge in [0.05, 0.1) is 12.0 Å². The molecule has 0 saturated heterocycles. The van der Waals surface area contributed by atoms with Crippen molar-refractivity contribution in [3.05, 3.63) is 17.7 Å². The molecular formula is C12H12O5S. The molecule has 0 bridgehead atoms. The lowest BCUT2D eigenvalue weighted by atomic mass is 9.98. The average molecular weight is 268 g/mol. The van der Waals surface area contributed by atoms with Gasteiger partial charge in [-0.15, -0.1) is 0 Å². The lowest BCUT2D eigenvalue weighted by Gasteiger charge is -2.25. The van der Waals surface area contributed by atoms with Crippen molar-refractivity contribution in [2.45, 2.75) is 23.8 Å². The van der Waals surface area contributed by atoms with Crippen LogP contribution in [0.5, 0.6) is 11.5 Å². The fraction of sp³-hybridized carbons (Fsp3) is 0.333. The van der Waals surface area contributed by atoms with Crippen LogP contribution < -0.4 is 4.74 Å². The Bertz CT molecular complexity index is 486. The molecule has 0 fully saturated rings. The molecule has 1 unspecified atom stereocenters. The van der Waals surface area contributed by atoms with Crippen molar-refractivity contribution >= 4 is 24.1 Å². The first-order valence-corrected chi connectivity index (χ1v) is 6.11. The van der Waals surface area contributed by atoms with Gasteiger partial charge >= 0.3 is 0 Å². The number of hydrogen-bond donors (Lipinski definition) is 1. The summed E-state index contributed by atoms with van der Waals surface area (Å²) in [5.41, 5.74) is 0.166. The number of rotatable bonds is 4. The minimum atomic E-state index is -0.472. The summed E-state index contributed by atoms with van der Waals surface area (Å²) in [6.07, 6.45) is 0.494. The van der Waals surface area contributed by atoms with Crippen LogP contribution in [0.15, 0.2) is 17.0 Å². The number of ether oxygens (including phenoxy) is 1. The van der Waals surface area contributed by atoms with Gasteiger partial charge in [0.1, 0.15) is 29.5 Å². The van der Waals surface area contributed by atoms with E-state index in [2.05, 4.69) is 0 Å². The van der Waals surface area contributed by atoms with E-state index in [1.165, 1.54) is 13.2 Å². The lowest BCUT2D eigenvalue weighted by molar-refractivity contribution is -0.109. The Morgan fingerprint density at radius 3 is 3.06 bits per heavy atom. The molecule has 1 aromatic rings. The molecule has 0 aromatic heterocycles. The van der Waals surface area contributed by atoms with Gasteiger partial charge in [0.15, 0.2) is 5.78 Å². The Balaban J connectivity index is 2.44. The molecule has 1 aliphatic rings. The largest absolute Gasteiger partial charge is 0.507 e. The van der Waals surface area contributed by atoms with E-state index in [0.29, 0.717) is 10.6 Å². The van der Waals surface area contributed by atoms with Crippen LogP contribution in [0.2, 0.25) is 0 Å². The smallest absolute Gasteiger partial charge is 0.174 e. The summed E-state index contributed by atoms with van der Waals surface area (Å²) >= 11 is 1.04. The van der Waals surface area contributed by atoms with Crippen LogP contribution in [0.25, 0.3) is 0 Å². The van der Waals surface area contributed by atoms with E-state index in [1.807, 2.05) is 0 Å². The second-order valence-corrected chi connectivity index (χ2v) is 4.75. The molecule has 96 valence electrons. The molecule has 0 radical (unpaired) electrons. The fourth-order valence-corrected chi connectivity index (χ4v) is 2.38. The van der Waals surface area contributed by atoms with E-state index in [4.69, 9.17) is 8.92 Å². The third-order valence-corrected chi connectivity index (χ3v) is 3.28. The third-order valence-electron chi connectivity index (χ3n) is 2.61. The topological polar surface area (TPSA) is 72.8 Å². The minimum absolute atomic E-state index is 0.0976. The molecule has 1 aromatic carbocycles. The highest BCUT2D eigenvalue weighted by atomic mass is 32.2. The lowest BCUT2D eigenvalue weighted by Crippen LogP contribution is -2.27. The van der Waals surface area contributed by atoms with Crippen molar-refractivity contribution in [1.82, 2.24) is 0 Å². The maximum atomic E-state index is 11.9. The Morgan fingerprint density at radius 1 is 1.61 bits per heavy atom. The van der Waals surface area contributed by atoms with E-state index in [1.54, 1.807) is 6.07 Å². The van der Waals surface area contributed by atoms with Gasteiger partial charge in [0.2, 0.25) is 0 Å². The standard InChI is InChI=1S/C12H12O5S/c1-16-18-10-3-2-8(14)11-9(15)6-7(4-5-13)17-12(10)11/h2-3,5,7,14H,4,6H2,1H3. The van der Waals surface area contributed by atoms with Gasteiger partial charge in [0.25, 0.3) is 0 Å². The van der Waals surface area contributed by atoms with Gasteiger partial charge in [0, 0.05) is 24.9 Å². The summed E-state index contributed by atoms with van der Waals surface area (Å²) in [6, 6.07) is 3.04. The highest BCUT2D eigenvalue weighted by molar-refractivity contribution is 7.94. The summed E-state index contributed by atoms with van der Waals surface area (Å²) in [5, 5.41) is 9.72. The SMILES string of the molecule is COSc1ccc(O)c2c1OC(CC=O)CC2=O. The van der Waals surface area contributed by atoms with E-state index >= 15 is 0 Å². The monoisotopic (exact) mass is 268 g/mol. The first kappa shape index (κ1) is 12.9. The Kier molecular flexibility index (Phi) is 3.88. The van der Waals surface area contributed by atoms with Gasteiger partial charge in [-0.25, -0.2) is 0 Å². The van der Waals surface area contributed by atoms with Crippen LogP contribution in [0.3, 0.4) is 0 Å². The van der Waals surface area contributed by atoms with E-state index in [-0.39, 0.29) is 29.9 Å². The van der Waals surface area contributed by atoms with Gasteiger partial charge in [-0.05, 0) is 12.1 Å². The first-order valence-electron chi connectivity index (χ1n) is 5.37. The third kappa shape index (κ3) is 2.34. The maximum Gasteiger partial charge on any atom is 0.174 e. The second-order valence-electron chi connectivity index (χ2n) is 3.81. The summed E-state index contributed by atoms with van der Waals surface area (Å²) in [4.78, 5) is 23.0. The van der Waals surface area contributed by atoms with Crippen molar-refractivity contribution in [1.29, 1.82) is 0 Å². The van der Waals surface area contributed by atoms with Crippen molar-refractivity contribution in [2.24, 2.45) is 0 Å². The van der Waals surface area contributed by atoms with Gasteiger partial charge in [-0.1, -0.05) is 0 Å². The van der Waals surface area contributed by atoms with Crippen LogP contribution in [-0.4, -0.2) is 30.4 Å². The molecule has 2 rings (SSSR count). The molecule has 1 aliphatic heterocycles. The van der Waals surface area contributed by atoms with Crippen molar-refractivity contribution in [3.8, 4) is 11.5 Å². The zero-order chi connectivity index (χ0) is 13.1. The molecule has 1 atom stereocenters. The van der Waals surface area contributed by atoms with Crippen molar-refractivity contribution in [3.63, 3.8) is 0 Å². The number of phenols is 1. The number of aldehydes is 1. The summed E-state index contributed by atoms with van der Waals surface area (Å²) in [7, 11) is 1.50. The molecule has 0 aliphatic carbocycles. The number of ketones is 1. The van der Waals surface area contributed by atoms with Crippen LogP contribution in [-0.2, 0) is 8.98 Å². The fourth-order valence-electron chi connectivity index (χ4n) is 1.85. The quantitative estimate of drug-likeness (QED) is 0.665. The Labute approximate surface area is 108 Å². The second kappa shape index (κ2) is 5.41. The zero-order valence-electron chi connectivity index (χ0n) is 9.71. The van der Waals surface area contributed by atoms with E-state index in [9.17, 15) is 14.7 Å². The molecule has 0 spiro atoms. The predicted octanol–water partition coefficient (Wildman–Crippen LogP) is 1.97. The number of benzene rings is 1. The number of aromatic hydroxyl groups is 1. The summed E-state index contributed by atoms with van der Waals surface area (Å²) < 4.78 is 10.5. The van der Waals surface area contributed by atoms with Gasteiger partial charge < -0.3 is 18.8 Å². The number of fused-ring (bicyclic) bond motifs is 1. The molecule has 0 amide bonds. The van der Waals surface area contributed by atoms with Crippen LogP contribution >= 0.6 is 12.0 Å². The Morgan fingerprint density at radius 2 is 2.39 bits per heavy atom. The minimum Gasteiger partial charge on any atom is -0.507 e. The highest BCUT2D eigenvalue weighted by Gasteiger charge is 2.31. The van der Waals surface area contributed by atoms with Crippen molar-refractivity contribution < 1.29 is 23.6 Å². The number of phenolic OH excluding ortho intramolecular Hbond substituents is 1. The van der Waals surface area contributed by atoms with Crippen molar-refractivity contribution in [2.75, 3.05) is 7.11 Å². The maximum absolute atomic E-state index is 11.9.